The number of fused-ring (bicyclic) bond motifs is 1. The maximum Gasteiger partial charge on any atom is 0.331 e. The zero-order valence-corrected chi connectivity index (χ0v) is 14.2. The monoisotopic (exact) mass is 340 g/mol. The number of carbonyl (C=O) groups is 2. The Morgan fingerprint density at radius 2 is 2.00 bits per heavy atom. The number of pyridine rings is 1. The molecular weight excluding hydrogens is 320 g/mol. The van der Waals surface area contributed by atoms with Gasteiger partial charge < -0.3 is 14.7 Å². The van der Waals surface area contributed by atoms with E-state index < -0.39 is 12.0 Å². The van der Waals surface area contributed by atoms with E-state index in [1.807, 2.05) is 26.0 Å². The largest absolute Gasteiger partial charge is 0.479 e. The average molecular weight is 340 g/mol. The third-order valence-electron chi connectivity index (χ3n) is 4.12. The van der Waals surface area contributed by atoms with Crippen molar-refractivity contribution in [2.75, 3.05) is 6.54 Å². The van der Waals surface area contributed by atoms with Gasteiger partial charge in [0, 0.05) is 18.8 Å². The van der Waals surface area contributed by atoms with E-state index in [0.29, 0.717) is 30.0 Å². The van der Waals surface area contributed by atoms with Crippen LogP contribution in [0, 0.1) is 0 Å². The van der Waals surface area contributed by atoms with Gasteiger partial charge in [-0.05, 0) is 37.5 Å². The van der Waals surface area contributed by atoms with E-state index in [1.54, 1.807) is 24.3 Å². The van der Waals surface area contributed by atoms with Crippen LogP contribution in [0.4, 0.5) is 0 Å². The third kappa shape index (κ3) is 3.47. The fourth-order valence-electron chi connectivity index (χ4n) is 3.04. The molecule has 6 heteroatoms. The van der Waals surface area contributed by atoms with Crippen molar-refractivity contribution in [1.82, 2.24) is 9.88 Å². The lowest BCUT2D eigenvalue weighted by molar-refractivity contribution is -0.143. The molecule has 0 radical (unpaired) electrons. The highest BCUT2D eigenvalue weighted by Gasteiger charge is 2.36. The van der Waals surface area contributed by atoms with Crippen LogP contribution in [0.15, 0.2) is 42.6 Å². The van der Waals surface area contributed by atoms with Crippen molar-refractivity contribution in [3.8, 4) is 5.88 Å². The first kappa shape index (κ1) is 17.0. The summed E-state index contributed by atoms with van der Waals surface area (Å²) in [4.78, 5) is 30.2. The van der Waals surface area contributed by atoms with Gasteiger partial charge in [0.2, 0.25) is 5.88 Å². The first-order valence-corrected chi connectivity index (χ1v) is 8.21. The molecule has 0 saturated carbocycles. The Hall–Kier alpha value is -2.89. The molecule has 6 nitrogen and oxygen atoms in total. The molecule has 0 saturated heterocycles. The molecular formula is C19H20N2O4. The molecule has 1 atom stereocenters. The summed E-state index contributed by atoms with van der Waals surface area (Å²) >= 11 is 0. The van der Waals surface area contributed by atoms with E-state index in [1.165, 1.54) is 11.1 Å². The third-order valence-corrected chi connectivity index (χ3v) is 4.12. The first-order chi connectivity index (χ1) is 12.0. The smallest absolute Gasteiger partial charge is 0.331 e. The number of rotatable bonds is 4. The Morgan fingerprint density at radius 3 is 2.64 bits per heavy atom. The van der Waals surface area contributed by atoms with Gasteiger partial charge in [0.1, 0.15) is 0 Å². The minimum absolute atomic E-state index is 0.0101. The molecule has 2 aromatic rings. The second-order valence-corrected chi connectivity index (χ2v) is 6.24. The van der Waals surface area contributed by atoms with Crippen LogP contribution in [0.3, 0.4) is 0 Å². The number of carbonyl (C=O) groups excluding carboxylic acids is 1. The molecule has 1 aromatic heterocycles. The molecule has 1 N–H and O–H groups in total. The van der Waals surface area contributed by atoms with Crippen molar-refractivity contribution in [1.29, 1.82) is 0 Å². The molecule has 1 unspecified atom stereocenters. The van der Waals surface area contributed by atoms with Crippen molar-refractivity contribution in [3.63, 3.8) is 0 Å². The number of aromatic nitrogens is 1. The summed E-state index contributed by atoms with van der Waals surface area (Å²) in [6.45, 7) is 4.14. The van der Waals surface area contributed by atoms with E-state index in [0.717, 1.165) is 5.56 Å². The number of aliphatic carboxylic acids is 1. The summed E-state index contributed by atoms with van der Waals surface area (Å²) in [5.74, 6) is -0.941. The Balaban J connectivity index is 1.87. The summed E-state index contributed by atoms with van der Waals surface area (Å²) in [6.07, 6.45) is 2.05. The van der Waals surface area contributed by atoms with Gasteiger partial charge in [-0.2, -0.15) is 0 Å². The van der Waals surface area contributed by atoms with Gasteiger partial charge in [-0.3, -0.25) is 4.79 Å². The summed E-state index contributed by atoms with van der Waals surface area (Å²) in [7, 11) is 0. The van der Waals surface area contributed by atoms with Crippen LogP contribution < -0.4 is 4.74 Å². The van der Waals surface area contributed by atoms with E-state index in [2.05, 4.69) is 4.98 Å². The van der Waals surface area contributed by atoms with Crippen LogP contribution in [0.5, 0.6) is 5.88 Å². The molecule has 2 heterocycles. The van der Waals surface area contributed by atoms with Gasteiger partial charge >= 0.3 is 5.97 Å². The number of hydrogen-bond donors (Lipinski definition) is 1. The summed E-state index contributed by atoms with van der Waals surface area (Å²) in [5.41, 5.74) is 1.99. The lowest BCUT2D eigenvalue weighted by Gasteiger charge is -2.34. The molecule has 25 heavy (non-hydrogen) atoms. The van der Waals surface area contributed by atoms with E-state index >= 15 is 0 Å². The van der Waals surface area contributed by atoms with Gasteiger partial charge in [-0.15, -0.1) is 0 Å². The van der Waals surface area contributed by atoms with Crippen LogP contribution in [0.2, 0.25) is 0 Å². The molecule has 0 fully saturated rings. The second kappa shape index (κ2) is 6.93. The summed E-state index contributed by atoms with van der Waals surface area (Å²) in [6, 6.07) is 9.62. The number of ether oxygens (including phenoxy) is 1. The van der Waals surface area contributed by atoms with Gasteiger partial charge in [-0.1, -0.05) is 24.3 Å². The Bertz CT molecular complexity index is 786. The van der Waals surface area contributed by atoms with Crippen LogP contribution in [0.25, 0.3) is 0 Å². The highest BCUT2D eigenvalue weighted by molar-refractivity contribution is 5.97. The molecule has 0 spiro atoms. The lowest BCUT2D eigenvalue weighted by Crippen LogP contribution is -2.43. The highest BCUT2D eigenvalue weighted by atomic mass is 16.5. The number of carboxylic acids is 1. The molecule has 1 aliphatic rings. The standard InChI is InChI=1S/C19H20N2O4/c1-12(2)25-16-8-7-14(11-20-16)18(22)21-10-9-13-5-3-4-6-15(13)17(21)19(23)24/h3-8,11-12,17H,9-10H2,1-2H3,(H,23,24). The zero-order valence-electron chi connectivity index (χ0n) is 14.2. The molecule has 1 aliphatic heterocycles. The molecule has 3 rings (SSSR count). The van der Waals surface area contributed by atoms with Crippen LogP contribution in [-0.4, -0.2) is 39.5 Å². The fraction of sp³-hybridized carbons (Fsp3) is 0.316. The van der Waals surface area contributed by atoms with E-state index in [9.17, 15) is 14.7 Å². The minimum atomic E-state index is -1.03. The van der Waals surface area contributed by atoms with Gasteiger partial charge in [-0.25, -0.2) is 9.78 Å². The van der Waals surface area contributed by atoms with Gasteiger partial charge in [0.25, 0.3) is 5.91 Å². The topological polar surface area (TPSA) is 79.7 Å². The molecule has 1 amide bonds. The maximum absolute atomic E-state index is 12.8. The minimum Gasteiger partial charge on any atom is -0.479 e. The summed E-state index contributed by atoms with van der Waals surface area (Å²) in [5, 5.41) is 9.66. The van der Waals surface area contributed by atoms with Crippen LogP contribution in [-0.2, 0) is 11.2 Å². The number of benzene rings is 1. The summed E-state index contributed by atoms with van der Waals surface area (Å²) < 4.78 is 5.47. The number of hydrogen-bond acceptors (Lipinski definition) is 4. The van der Waals surface area contributed by atoms with E-state index in [-0.39, 0.29) is 12.0 Å². The number of amides is 1. The Kier molecular flexibility index (Phi) is 4.70. The molecule has 130 valence electrons. The number of carboxylic acid groups (broad SMARTS) is 1. The molecule has 0 bridgehead atoms. The lowest BCUT2D eigenvalue weighted by atomic mass is 9.92. The Morgan fingerprint density at radius 1 is 1.24 bits per heavy atom. The highest BCUT2D eigenvalue weighted by Crippen LogP contribution is 2.31. The average Bonchev–Trinajstić information content (AvgIpc) is 2.60. The molecule has 1 aromatic carbocycles. The normalized spacial score (nSPS) is 16.4. The van der Waals surface area contributed by atoms with Crippen molar-refractivity contribution < 1.29 is 19.4 Å². The quantitative estimate of drug-likeness (QED) is 0.926. The maximum atomic E-state index is 12.8. The van der Waals surface area contributed by atoms with Gasteiger partial charge in [0.05, 0.1) is 11.7 Å². The van der Waals surface area contributed by atoms with Crippen molar-refractivity contribution in [2.24, 2.45) is 0 Å². The Labute approximate surface area is 146 Å². The predicted octanol–water partition coefficient (Wildman–Crippen LogP) is 2.69. The first-order valence-electron chi connectivity index (χ1n) is 8.21. The fourth-order valence-corrected chi connectivity index (χ4v) is 3.04. The number of nitrogens with zero attached hydrogens (tertiary/aromatic N) is 2. The second-order valence-electron chi connectivity index (χ2n) is 6.24. The predicted molar refractivity (Wildman–Crippen MR) is 91.6 cm³/mol. The molecule has 0 aliphatic carbocycles. The van der Waals surface area contributed by atoms with Crippen molar-refractivity contribution in [2.45, 2.75) is 32.4 Å². The SMILES string of the molecule is CC(C)Oc1ccc(C(=O)N2CCc3ccccc3C2C(=O)O)cn1. The van der Waals surface area contributed by atoms with E-state index in [4.69, 9.17) is 4.74 Å². The van der Waals surface area contributed by atoms with Crippen LogP contribution >= 0.6 is 0 Å². The van der Waals surface area contributed by atoms with Crippen molar-refractivity contribution >= 4 is 11.9 Å². The zero-order chi connectivity index (χ0) is 18.0. The van der Waals surface area contributed by atoms with Crippen LogP contribution in [0.1, 0.15) is 41.4 Å². The van der Waals surface area contributed by atoms with Crippen molar-refractivity contribution in [3.05, 3.63) is 59.3 Å². The van der Waals surface area contributed by atoms with Gasteiger partial charge in [0.15, 0.2) is 6.04 Å².